The summed E-state index contributed by atoms with van der Waals surface area (Å²) in [5, 5.41) is 5.37. The molecular weight excluding hydrogens is 608 g/mol. The van der Waals surface area contributed by atoms with E-state index >= 15 is 0 Å². The Balaban J connectivity index is 1.17. The number of amides is 4. The van der Waals surface area contributed by atoms with Crippen molar-refractivity contribution < 1.29 is 43.0 Å². The lowest BCUT2D eigenvalue weighted by Crippen LogP contribution is -2.37. The van der Waals surface area contributed by atoms with Crippen LogP contribution in [0.2, 0.25) is 0 Å². The molecule has 0 aliphatic carbocycles. The quantitative estimate of drug-likeness (QED) is 0.125. The number of hydrogen-bond acceptors (Lipinski definition) is 9. The van der Waals surface area contributed by atoms with Gasteiger partial charge in [0.15, 0.2) is 6.61 Å². The highest BCUT2D eigenvalue weighted by molar-refractivity contribution is 5.96. The van der Waals surface area contributed by atoms with Gasteiger partial charge in [0.05, 0.1) is 51.9 Å². The van der Waals surface area contributed by atoms with Gasteiger partial charge >= 0.3 is 6.09 Å². The topological polar surface area (TPSA) is 154 Å². The van der Waals surface area contributed by atoms with Crippen molar-refractivity contribution in [2.24, 2.45) is 0 Å². The van der Waals surface area contributed by atoms with Gasteiger partial charge in [0, 0.05) is 37.1 Å². The fourth-order valence-electron chi connectivity index (χ4n) is 4.23. The molecule has 0 saturated heterocycles. The second-order valence-electron chi connectivity index (χ2n) is 11.3. The minimum Gasteiger partial charge on any atom is -0.442 e. The molecule has 47 heavy (non-hydrogen) atoms. The minimum atomic E-state index is -0.777. The van der Waals surface area contributed by atoms with Gasteiger partial charge in [0.1, 0.15) is 5.60 Å². The van der Waals surface area contributed by atoms with E-state index in [1.807, 2.05) is 54.0 Å². The van der Waals surface area contributed by atoms with Crippen molar-refractivity contribution in [3.05, 3.63) is 65.2 Å². The first-order chi connectivity index (χ1) is 22.6. The highest BCUT2D eigenvalue weighted by Gasteiger charge is 2.22. The largest absolute Gasteiger partial charge is 0.442 e. The summed E-state index contributed by atoms with van der Waals surface area (Å²) in [6, 6.07) is 15.3. The van der Waals surface area contributed by atoms with Gasteiger partial charge in [-0.3, -0.25) is 19.2 Å². The lowest BCUT2D eigenvalue weighted by molar-refractivity contribution is -0.128. The Bertz CT molecular complexity index is 1400. The zero-order valence-corrected chi connectivity index (χ0v) is 27.2. The zero-order chi connectivity index (χ0) is 33.9. The van der Waals surface area contributed by atoms with Gasteiger partial charge in [-0.05, 0) is 44.5 Å². The van der Waals surface area contributed by atoms with Gasteiger partial charge in [-0.1, -0.05) is 42.2 Å². The molecule has 13 nitrogen and oxygen atoms in total. The van der Waals surface area contributed by atoms with Crippen molar-refractivity contribution >= 4 is 29.5 Å². The maximum absolute atomic E-state index is 13.2. The highest BCUT2D eigenvalue weighted by atomic mass is 16.7. The monoisotopic (exact) mass is 652 g/mol. The number of rotatable bonds is 18. The molecule has 13 heteroatoms. The number of nitrogens with one attached hydrogen (secondary N) is 3. The second-order valence-corrected chi connectivity index (χ2v) is 11.3. The number of fused-ring (bicyclic) bond motifs is 2. The van der Waals surface area contributed by atoms with Crippen LogP contribution in [0.1, 0.15) is 50.3 Å². The second kappa shape index (κ2) is 19.9. The summed E-state index contributed by atoms with van der Waals surface area (Å²) in [6.07, 6.45) is -0.641. The molecule has 0 aromatic heterocycles. The Labute approximate surface area is 275 Å². The fraction of sp³-hybridized carbons (Fsp3) is 0.471. The van der Waals surface area contributed by atoms with Crippen molar-refractivity contribution in [2.75, 3.05) is 64.2 Å². The number of carbonyl (C=O) groups is 4. The molecule has 0 spiro atoms. The third kappa shape index (κ3) is 14.7. The molecule has 0 atom stereocenters. The number of hydroxylamine groups is 1. The zero-order valence-electron chi connectivity index (χ0n) is 27.2. The molecule has 254 valence electrons. The van der Waals surface area contributed by atoms with Crippen LogP contribution >= 0.6 is 0 Å². The number of benzene rings is 2. The predicted octanol–water partition coefficient (Wildman–Crippen LogP) is 2.45. The van der Waals surface area contributed by atoms with E-state index in [0.717, 1.165) is 22.4 Å². The van der Waals surface area contributed by atoms with E-state index in [0.29, 0.717) is 46.1 Å². The van der Waals surface area contributed by atoms with Crippen molar-refractivity contribution in [2.45, 2.75) is 45.8 Å². The first kappa shape index (κ1) is 37.0. The van der Waals surface area contributed by atoms with Gasteiger partial charge in [-0.25, -0.2) is 4.79 Å². The van der Waals surface area contributed by atoms with Gasteiger partial charge in [-0.15, -0.1) is 0 Å². The van der Waals surface area contributed by atoms with E-state index in [2.05, 4.69) is 22.5 Å². The molecule has 0 bridgehead atoms. The third-order valence-corrected chi connectivity index (χ3v) is 6.38. The lowest BCUT2D eigenvalue weighted by Gasteiger charge is -2.26. The fourth-order valence-corrected chi connectivity index (χ4v) is 4.23. The van der Waals surface area contributed by atoms with Gasteiger partial charge in [-0.2, -0.15) is 5.48 Å². The Morgan fingerprint density at radius 2 is 1.32 bits per heavy atom. The standard InChI is InChI=1S/C34H44N4O9/c1-34(2,3)47-33(42)37-46-25-31(40)36-17-19-44-21-23-45-22-20-43-18-16-35-30(39)14-15-32(41)38-24-28-10-5-4-8-26(28)12-13-27-9-6-7-11-29(27)38/h4-11H,14-25H2,1-3H3,(H,35,39)(H,36,40)(H,37,42). The van der Waals surface area contributed by atoms with E-state index in [4.69, 9.17) is 23.8 Å². The smallest absolute Gasteiger partial charge is 0.431 e. The summed E-state index contributed by atoms with van der Waals surface area (Å²) < 4.78 is 21.3. The van der Waals surface area contributed by atoms with E-state index < -0.39 is 17.6 Å². The number of para-hydroxylation sites is 1. The molecule has 3 rings (SSSR count). The Morgan fingerprint density at radius 3 is 2.00 bits per heavy atom. The average Bonchev–Trinajstić information content (AvgIpc) is 3.02. The molecule has 1 aliphatic heterocycles. The van der Waals surface area contributed by atoms with Gasteiger partial charge in [0.2, 0.25) is 17.7 Å². The maximum Gasteiger partial charge on any atom is 0.431 e. The van der Waals surface area contributed by atoms with Crippen LogP contribution < -0.4 is 21.0 Å². The number of carbonyl (C=O) groups excluding carboxylic acids is 4. The Kier molecular flexibility index (Phi) is 15.7. The molecule has 0 radical (unpaired) electrons. The highest BCUT2D eigenvalue weighted by Crippen LogP contribution is 2.26. The molecule has 2 aromatic rings. The number of ether oxygens (including phenoxy) is 4. The number of anilines is 1. The molecule has 0 unspecified atom stereocenters. The van der Waals surface area contributed by atoms with Gasteiger partial charge in [0.25, 0.3) is 0 Å². The van der Waals surface area contributed by atoms with Crippen molar-refractivity contribution in [3.8, 4) is 11.8 Å². The molecule has 3 N–H and O–H groups in total. The van der Waals surface area contributed by atoms with E-state index in [-0.39, 0.29) is 44.4 Å². The van der Waals surface area contributed by atoms with Crippen LogP contribution in [0.3, 0.4) is 0 Å². The molecule has 0 fully saturated rings. The van der Waals surface area contributed by atoms with E-state index in [9.17, 15) is 19.2 Å². The molecule has 1 aliphatic rings. The van der Waals surface area contributed by atoms with Crippen LogP contribution in [0.25, 0.3) is 0 Å². The minimum absolute atomic E-state index is 0.0662. The SMILES string of the molecule is CC(C)(C)OC(=O)NOCC(=O)NCCOCCOCCOCCNC(=O)CCC(=O)N1Cc2ccccc2C#Cc2ccccc21. The summed E-state index contributed by atoms with van der Waals surface area (Å²) in [4.78, 5) is 55.2. The van der Waals surface area contributed by atoms with Crippen LogP contribution in [0.4, 0.5) is 10.5 Å². The average molecular weight is 653 g/mol. The first-order valence-corrected chi connectivity index (χ1v) is 15.5. The molecule has 1 heterocycles. The van der Waals surface area contributed by atoms with Crippen LogP contribution in [0, 0.1) is 11.8 Å². The van der Waals surface area contributed by atoms with E-state index in [1.165, 1.54) is 0 Å². The molecule has 2 aromatic carbocycles. The van der Waals surface area contributed by atoms with Crippen LogP contribution in [0.5, 0.6) is 0 Å². The summed E-state index contributed by atoms with van der Waals surface area (Å²) in [5.74, 6) is 5.58. The maximum atomic E-state index is 13.2. The summed E-state index contributed by atoms with van der Waals surface area (Å²) in [5.41, 5.74) is 4.73. The number of hydrogen-bond donors (Lipinski definition) is 3. The summed E-state index contributed by atoms with van der Waals surface area (Å²) in [6.45, 7) is 7.75. The summed E-state index contributed by atoms with van der Waals surface area (Å²) in [7, 11) is 0. The molecule has 4 amide bonds. The Hall–Kier alpha value is -4.48. The first-order valence-electron chi connectivity index (χ1n) is 15.5. The van der Waals surface area contributed by atoms with Crippen molar-refractivity contribution in [3.63, 3.8) is 0 Å². The third-order valence-electron chi connectivity index (χ3n) is 6.38. The molecule has 0 saturated carbocycles. The van der Waals surface area contributed by atoms with Crippen LogP contribution in [0.15, 0.2) is 48.5 Å². The van der Waals surface area contributed by atoms with Crippen molar-refractivity contribution in [1.29, 1.82) is 0 Å². The lowest BCUT2D eigenvalue weighted by atomic mass is 10.0. The normalized spacial score (nSPS) is 11.9. The number of nitrogens with zero attached hydrogens (tertiary/aromatic N) is 1. The predicted molar refractivity (Wildman–Crippen MR) is 173 cm³/mol. The summed E-state index contributed by atoms with van der Waals surface area (Å²) >= 11 is 0. The Morgan fingerprint density at radius 1 is 0.745 bits per heavy atom. The molecular formula is C34H44N4O9. The van der Waals surface area contributed by atoms with E-state index in [1.54, 1.807) is 25.7 Å². The van der Waals surface area contributed by atoms with Crippen LogP contribution in [-0.4, -0.2) is 88.8 Å². The van der Waals surface area contributed by atoms with Crippen LogP contribution in [-0.2, 0) is 44.7 Å². The van der Waals surface area contributed by atoms with Crippen molar-refractivity contribution in [1.82, 2.24) is 16.1 Å². The van der Waals surface area contributed by atoms with Gasteiger partial charge < -0.3 is 34.5 Å².